The van der Waals surface area contributed by atoms with Gasteiger partial charge in [0.25, 0.3) is 0 Å². The Labute approximate surface area is 147 Å². The van der Waals surface area contributed by atoms with Crippen LogP contribution in [0.15, 0.2) is 42.5 Å². The minimum Gasteiger partial charge on any atom is -0.492 e. The van der Waals surface area contributed by atoms with Crippen LogP contribution in [-0.4, -0.2) is 32.8 Å². The van der Waals surface area contributed by atoms with Crippen molar-refractivity contribution in [2.45, 2.75) is 13.5 Å². The normalized spacial score (nSPS) is 15.5. The number of hydrogen-bond acceptors (Lipinski definition) is 2. The number of piperazine rings is 1. The SMILES string of the molecule is CCOc1ccccc1N1CC[NH+](Cc2c(F)cccc2Cl)CC1. The highest BCUT2D eigenvalue weighted by atomic mass is 35.5. The van der Waals surface area contributed by atoms with Crippen molar-refractivity contribution in [2.24, 2.45) is 0 Å². The Morgan fingerprint density at radius 3 is 2.58 bits per heavy atom. The number of halogens is 2. The third-order valence-electron chi connectivity index (χ3n) is 4.46. The molecule has 0 amide bonds. The molecule has 1 aliphatic heterocycles. The smallest absolute Gasteiger partial charge is 0.142 e. The van der Waals surface area contributed by atoms with E-state index in [1.54, 1.807) is 12.1 Å². The Bertz CT molecular complexity index is 667. The van der Waals surface area contributed by atoms with Gasteiger partial charge >= 0.3 is 0 Å². The summed E-state index contributed by atoms with van der Waals surface area (Å²) in [6.45, 7) is 7.03. The number of hydrogen-bond donors (Lipinski definition) is 1. The molecular formula is C19H23ClFN2O+. The van der Waals surface area contributed by atoms with E-state index < -0.39 is 0 Å². The summed E-state index contributed by atoms with van der Waals surface area (Å²) in [5.41, 5.74) is 1.76. The van der Waals surface area contributed by atoms with Crippen LogP contribution in [-0.2, 0) is 6.54 Å². The summed E-state index contributed by atoms with van der Waals surface area (Å²) in [4.78, 5) is 3.70. The van der Waals surface area contributed by atoms with Crippen molar-refractivity contribution in [3.05, 3.63) is 58.9 Å². The predicted molar refractivity (Wildman–Crippen MR) is 95.6 cm³/mol. The van der Waals surface area contributed by atoms with Gasteiger partial charge in [-0.2, -0.15) is 0 Å². The van der Waals surface area contributed by atoms with Crippen LogP contribution < -0.4 is 14.5 Å². The molecule has 2 aromatic carbocycles. The molecule has 0 radical (unpaired) electrons. The van der Waals surface area contributed by atoms with Gasteiger partial charge in [0.15, 0.2) is 0 Å². The lowest BCUT2D eigenvalue weighted by molar-refractivity contribution is -0.914. The van der Waals surface area contributed by atoms with Gasteiger partial charge in [-0.05, 0) is 31.2 Å². The molecule has 1 N–H and O–H groups in total. The maximum atomic E-state index is 14.0. The van der Waals surface area contributed by atoms with Crippen LogP contribution in [0.2, 0.25) is 5.02 Å². The van der Waals surface area contributed by atoms with Crippen LogP contribution >= 0.6 is 11.6 Å². The van der Waals surface area contributed by atoms with E-state index in [-0.39, 0.29) is 5.82 Å². The van der Waals surface area contributed by atoms with Crippen LogP contribution in [0.5, 0.6) is 5.75 Å². The molecule has 2 aromatic rings. The van der Waals surface area contributed by atoms with E-state index in [0.717, 1.165) is 37.6 Å². The maximum absolute atomic E-state index is 14.0. The first-order valence-corrected chi connectivity index (χ1v) is 8.80. The predicted octanol–water partition coefficient (Wildman–Crippen LogP) is 2.78. The summed E-state index contributed by atoms with van der Waals surface area (Å²) in [5, 5.41) is 0.520. The second kappa shape index (κ2) is 7.86. The standard InChI is InChI=1S/C19H22ClFN2O/c1-2-24-19-9-4-3-8-18(19)23-12-10-22(11-13-23)14-15-16(20)6-5-7-17(15)21/h3-9H,2,10-14H2,1H3/p+1. The fourth-order valence-corrected chi connectivity index (χ4v) is 3.42. The first kappa shape index (κ1) is 17.1. The van der Waals surface area contributed by atoms with E-state index in [0.29, 0.717) is 23.7 Å². The number of nitrogens with one attached hydrogen (secondary N) is 1. The molecule has 1 fully saturated rings. The van der Waals surface area contributed by atoms with Gasteiger partial charge in [-0.25, -0.2) is 4.39 Å². The topological polar surface area (TPSA) is 16.9 Å². The van der Waals surface area contributed by atoms with Gasteiger partial charge in [0.2, 0.25) is 0 Å². The number of para-hydroxylation sites is 2. The number of ether oxygens (including phenoxy) is 1. The molecule has 0 spiro atoms. The van der Waals surface area contributed by atoms with E-state index in [9.17, 15) is 4.39 Å². The molecule has 0 aromatic heterocycles. The van der Waals surface area contributed by atoms with Gasteiger partial charge in [0.1, 0.15) is 18.1 Å². The highest BCUT2D eigenvalue weighted by molar-refractivity contribution is 6.31. The van der Waals surface area contributed by atoms with Gasteiger partial charge in [-0.3, -0.25) is 0 Å². The van der Waals surface area contributed by atoms with Crippen molar-refractivity contribution >= 4 is 17.3 Å². The molecule has 1 heterocycles. The molecular weight excluding hydrogens is 327 g/mol. The third-order valence-corrected chi connectivity index (χ3v) is 4.82. The van der Waals surface area contributed by atoms with Gasteiger partial charge in [-0.1, -0.05) is 29.8 Å². The summed E-state index contributed by atoms with van der Waals surface area (Å²) < 4.78 is 19.7. The minimum absolute atomic E-state index is 0.209. The van der Waals surface area contributed by atoms with Crippen LogP contribution in [0.3, 0.4) is 0 Å². The van der Waals surface area contributed by atoms with Crippen LogP contribution in [0.25, 0.3) is 0 Å². The zero-order valence-corrected chi connectivity index (χ0v) is 14.7. The highest BCUT2D eigenvalue weighted by Gasteiger charge is 2.24. The van der Waals surface area contributed by atoms with Crippen molar-refractivity contribution in [1.82, 2.24) is 0 Å². The average molecular weight is 350 g/mol. The summed E-state index contributed by atoms with van der Waals surface area (Å²) in [6, 6.07) is 13.0. The molecule has 3 nitrogen and oxygen atoms in total. The lowest BCUT2D eigenvalue weighted by atomic mass is 10.1. The molecule has 1 aliphatic rings. The number of anilines is 1. The first-order chi connectivity index (χ1) is 11.7. The lowest BCUT2D eigenvalue weighted by Gasteiger charge is -2.34. The van der Waals surface area contributed by atoms with Gasteiger partial charge in [0, 0.05) is 0 Å². The fourth-order valence-electron chi connectivity index (χ4n) is 3.19. The van der Waals surface area contributed by atoms with Crippen LogP contribution in [0, 0.1) is 5.82 Å². The minimum atomic E-state index is -0.209. The molecule has 128 valence electrons. The molecule has 0 aliphatic carbocycles. The van der Waals surface area contributed by atoms with Gasteiger partial charge < -0.3 is 14.5 Å². The van der Waals surface area contributed by atoms with Crippen molar-refractivity contribution in [3.63, 3.8) is 0 Å². The van der Waals surface area contributed by atoms with Crippen LogP contribution in [0.4, 0.5) is 10.1 Å². The van der Waals surface area contributed by atoms with E-state index in [1.165, 1.54) is 11.0 Å². The summed E-state index contributed by atoms with van der Waals surface area (Å²) in [5.74, 6) is 0.722. The Balaban J connectivity index is 1.64. The molecule has 5 heteroatoms. The van der Waals surface area contributed by atoms with Crippen molar-refractivity contribution in [2.75, 3.05) is 37.7 Å². The summed E-state index contributed by atoms with van der Waals surface area (Å²) in [7, 11) is 0. The largest absolute Gasteiger partial charge is 0.492 e. The first-order valence-electron chi connectivity index (χ1n) is 8.42. The second-order valence-electron chi connectivity index (χ2n) is 6.01. The Kier molecular flexibility index (Phi) is 5.59. The molecule has 0 bridgehead atoms. The highest BCUT2D eigenvalue weighted by Crippen LogP contribution is 2.28. The van der Waals surface area contributed by atoms with Gasteiger partial charge in [-0.15, -0.1) is 0 Å². The van der Waals surface area contributed by atoms with Crippen molar-refractivity contribution in [3.8, 4) is 5.75 Å². The van der Waals surface area contributed by atoms with Gasteiger partial charge in [0.05, 0.1) is 49.1 Å². The fraction of sp³-hybridized carbons (Fsp3) is 0.368. The zero-order valence-electron chi connectivity index (χ0n) is 13.9. The molecule has 0 unspecified atom stereocenters. The number of benzene rings is 2. The molecule has 0 saturated carbocycles. The number of quaternary nitrogens is 1. The quantitative estimate of drug-likeness (QED) is 0.894. The number of rotatable bonds is 5. The van der Waals surface area contributed by atoms with Crippen molar-refractivity contribution < 1.29 is 14.0 Å². The molecule has 0 atom stereocenters. The zero-order chi connectivity index (χ0) is 16.9. The molecule has 1 saturated heterocycles. The maximum Gasteiger partial charge on any atom is 0.142 e. The Morgan fingerprint density at radius 2 is 1.88 bits per heavy atom. The van der Waals surface area contributed by atoms with E-state index >= 15 is 0 Å². The lowest BCUT2D eigenvalue weighted by Crippen LogP contribution is -3.13. The second-order valence-corrected chi connectivity index (χ2v) is 6.42. The van der Waals surface area contributed by atoms with E-state index in [2.05, 4.69) is 11.0 Å². The molecule has 24 heavy (non-hydrogen) atoms. The monoisotopic (exact) mass is 349 g/mol. The Morgan fingerprint density at radius 1 is 1.12 bits per heavy atom. The average Bonchev–Trinajstić information content (AvgIpc) is 2.60. The molecule has 3 rings (SSSR count). The van der Waals surface area contributed by atoms with E-state index in [1.807, 2.05) is 25.1 Å². The summed E-state index contributed by atoms with van der Waals surface area (Å²) >= 11 is 6.15. The number of nitrogens with zero attached hydrogens (tertiary/aromatic N) is 1. The van der Waals surface area contributed by atoms with Crippen molar-refractivity contribution in [1.29, 1.82) is 0 Å². The Hall–Kier alpha value is -1.78. The van der Waals surface area contributed by atoms with E-state index in [4.69, 9.17) is 16.3 Å². The third kappa shape index (κ3) is 3.82. The summed E-state index contributed by atoms with van der Waals surface area (Å²) in [6.07, 6.45) is 0. The van der Waals surface area contributed by atoms with Crippen LogP contribution in [0.1, 0.15) is 12.5 Å².